The van der Waals surface area contributed by atoms with Gasteiger partial charge in [-0.3, -0.25) is 0 Å². The number of alkyl halides is 1. The molecular weight excluding hydrogens is 163 g/mol. The lowest BCUT2D eigenvalue weighted by Gasteiger charge is -2.11. The maximum absolute atomic E-state index is 13.4. The van der Waals surface area contributed by atoms with Crippen LogP contribution in [0, 0.1) is 13.8 Å². The molecule has 1 aliphatic rings. The van der Waals surface area contributed by atoms with E-state index in [0.29, 0.717) is 6.42 Å². The Morgan fingerprint density at radius 1 is 1.31 bits per heavy atom. The molecule has 0 saturated carbocycles. The summed E-state index contributed by atoms with van der Waals surface area (Å²) >= 11 is 0. The highest BCUT2D eigenvalue weighted by Crippen LogP contribution is 2.37. The zero-order valence-electron chi connectivity index (χ0n) is 8.39. The normalized spacial score (nSPS) is 26.2. The van der Waals surface area contributed by atoms with Crippen molar-refractivity contribution in [2.24, 2.45) is 0 Å². The average Bonchev–Trinajstić information content (AvgIpc) is 2.37. The summed E-state index contributed by atoms with van der Waals surface area (Å²) in [7, 11) is 0. The van der Waals surface area contributed by atoms with Crippen LogP contribution in [0.3, 0.4) is 0 Å². The standard InChI is InChI=1S/C12H15F/c1-7-4-5-10-6-11(13)9(3)12(10)8(7)2/h4-5,9,11H,6H2,1-3H3. The van der Waals surface area contributed by atoms with Gasteiger partial charge in [0.05, 0.1) is 0 Å². The van der Waals surface area contributed by atoms with E-state index in [9.17, 15) is 4.39 Å². The van der Waals surface area contributed by atoms with Crippen LogP contribution in [0.2, 0.25) is 0 Å². The minimum Gasteiger partial charge on any atom is -0.246 e. The summed E-state index contributed by atoms with van der Waals surface area (Å²) in [6.07, 6.45) is -0.0621. The Labute approximate surface area is 78.8 Å². The second-order valence-corrected chi connectivity index (χ2v) is 4.09. The Hall–Kier alpha value is -0.850. The number of benzene rings is 1. The highest BCUT2D eigenvalue weighted by molar-refractivity contribution is 5.45. The quantitative estimate of drug-likeness (QED) is 0.571. The number of hydrogen-bond donors (Lipinski definition) is 0. The Morgan fingerprint density at radius 3 is 2.69 bits per heavy atom. The molecule has 0 bridgehead atoms. The molecule has 0 aliphatic heterocycles. The van der Waals surface area contributed by atoms with E-state index in [0.717, 1.165) is 0 Å². The average molecular weight is 178 g/mol. The maximum atomic E-state index is 13.4. The number of rotatable bonds is 0. The van der Waals surface area contributed by atoms with Gasteiger partial charge in [0.2, 0.25) is 0 Å². The van der Waals surface area contributed by atoms with E-state index >= 15 is 0 Å². The first-order chi connectivity index (χ1) is 6.11. The molecule has 70 valence electrons. The monoisotopic (exact) mass is 178 g/mol. The van der Waals surface area contributed by atoms with Crippen molar-refractivity contribution in [3.63, 3.8) is 0 Å². The van der Waals surface area contributed by atoms with Crippen molar-refractivity contribution in [2.75, 3.05) is 0 Å². The number of aryl methyl sites for hydroxylation is 1. The summed E-state index contributed by atoms with van der Waals surface area (Å²) in [6, 6.07) is 4.17. The van der Waals surface area contributed by atoms with Crippen LogP contribution in [-0.4, -0.2) is 6.17 Å². The Bertz CT molecular complexity index is 341. The summed E-state index contributed by atoms with van der Waals surface area (Å²) in [5, 5.41) is 0. The Balaban J connectivity index is 2.59. The first-order valence-electron chi connectivity index (χ1n) is 4.84. The fourth-order valence-corrected chi connectivity index (χ4v) is 2.27. The molecule has 1 heteroatoms. The summed E-state index contributed by atoms with van der Waals surface area (Å²) < 4.78 is 13.4. The third kappa shape index (κ3) is 1.18. The van der Waals surface area contributed by atoms with Gasteiger partial charge in [0, 0.05) is 12.3 Å². The predicted molar refractivity (Wildman–Crippen MR) is 52.9 cm³/mol. The first kappa shape index (κ1) is 8.74. The molecule has 1 aliphatic carbocycles. The van der Waals surface area contributed by atoms with E-state index in [2.05, 4.69) is 26.0 Å². The van der Waals surface area contributed by atoms with Gasteiger partial charge in [0.25, 0.3) is 0 Å². The summed E-state index contributed by atoms with van der Waals surface area (Å²) in [5.74, 6) is 0.0925. The molecule has 2 rings (SSSR count). The molecule has 1 aromatic carbocycles. The largest absolute Gasteiger partial charge is 0.246 e. The van der Waals surface area contributed by atoms with Gasteiger partial charge in [-0.15, -0.1) is 0 Å². The van der Waals surface area contributed by atoms with E-state index in [1.54, 1.807) is 0 Å². The van der Waals surface area contributed by atoms with Crippen LogP contribution in [0.5, 0.6) is 0 Å². The highest BCUT2D eigenvalue weighted by Gasteiger charge is 2.30. The fourth-order valence-electron chi connectivity index (χ4n) is 2.27. The third-order valence-electron chi connectivity index (χ3n) is 3.29. The van der Waals surface area contributed by atoms with Gasteiger partial charge in [-0.2, -0.15) is 0 Å². The van der Waals surface area contributed by atoms with Gasteiger partial charge in [-0.25, -0.2) is 4.39 Å². The van der Waals surface area contributed by atoms with Crippen LogP contribution in [0.25, 0.3) is 0 Å². The molecule has 0 heterocycles. The van der Waals surface area contributed by atoms with E-state index in [1.165, 1.54) is 22.3 Å². The molecule has 0 radical (unpaired) electrons. The van der Waals surface area contributed by atoms with Crippen molar-refractivity contribution in [1.29, 1.82) is 0 Å². The molecule has 2 unspecified atom stereocenters. The van der Waals surface area contributed by atoms with E-state index in [-0.39, 0.29) is 5.92 Å². The van der Waals surface area contributed by atoms with Crippen molar-refractivity contribution in [2.45, 2.75) is 39.3 Å². The van der Waals surface area contributed by atoms with Crippen molar-refractivity contribution < 1.29 is 4.39 Å². The van der Waals surface area contributed by atoms with Crippen LogP contribution in [0.15, 0.2) is 12.1 Å². The third-order valence-corrected chi connectivity index (χ3v) is 3.29. The van der Waals surface area contributed by atoms with E-state index in [1.807, 2.05) is 6.92 Å². The molecule has 0 aromatic heterocycles. The van der Waals surface area contributed by atoms with Crippen molar-refractivity contribution in [3.8, 4) is 0 Å². The number of hydrogen-bond acceptors (Lipinski definition) is 0. The van der Waals surface area contributed by atoms with Crippen molar-refractivity contribution >= 4 is 0 Å². The van der Waals surface area contributed by atoms with Crippen LogP contribution in [0.4, 0.5) is 4.39 Å². The van der Waals surface area contributed by atoms with Crippen LogP contribution < -0.4 is 0 Å². The van der Waals surface area contributed by atoms with Crippen LogP contribution in [-0.2, 0) is 6.42 Å². The summed E-state index contributed by atoms with van der Waals surface area (Å²) in [6.45, 7) is 6.18. The Morgan fingerprint density at radius 2 is 2.00 bits per heavy atom. The molecule has 0 amide bonds. The smallest absolute Gasteiger partial charge is 0.111 e. The van der Waals surface area contributed by atoms with Crippen molar-refractivity contribution in [3.05, 3.63) is 34.4 Å². The number of halogens is 1. The lowest BCUT2D eigenvalue weighted by molar-refractivity contribution is 0.310. The molecule has 0 N–H and O–H groups in total. The minimum atomic E-state index is -0.671. The molecule has 2 atom stereocenters. The number of fused-ring (bicyclic) bond motifs is 1. The molecule has 0 saturated heterocycles. The van der Waals surface area contributed by atoms with Gasteiger partial charge in [0.1, 0.15) is 6.17 Å². The fraction of sp³-hybridized carbons (Fsp3) is 0.500. The van der Waals surface area contributed by atoms with E-state index in [4.69, 9.17) is 0 Å². The van der Waals surface area contributed by atoms with Gasteiger partial charge in [-0.1, -0.05) is 19.1 Å². The lowest BCUT2D eigenvalue weighted by atomic mass is 9.94. The molecule has 0 spiro atoms. The second kappa shape index (κ2) is 2.83. The first-order valence-corrected chi connectivity index (χ1v) is 4.84. The second-order valence-electron chi connectivity index (χ2n) is 4.09. The van der Waals surface area contributed by atoms with E-state index < -0.39 is 6.17 Å². The van der Waals surface area contributed by atoms with Gasteiger partial charge in [-0.05, 0) is 36.1 Å². The lowest BCUT2D eigenvalue weighted by Crippen LogP contribution is -2.04. The van der Waals surface area contributed by atoms with Gasteiger partial charge < -0.3 is 0 Å². The summed E-state index contributed by atoms with van der Waals surface area (Å²) in [4.78, 5) is 0. The molecular formula is C12H15F. The summed E-state index contributed by atoms with van der Waals surface area (Å²) in [5.41, 5.74) is 5.03. The van der Waals surface area contributed by atoms with Crippen molar-refractivity contribution in [1.82, 2.24) is 0 Å². The zero-order chi connectivity index (χ0) is 9.59. The SMILES string of the molecule is Cc1ccc2c(c1C)C(C)C(F)C2. The van der Waals surface area contributed by atoms with Gasteiger partial charge >= 0.3 is 0 Å². The van der Waals surface area contributed by atoms with Crippen LogP contribution in [0.1, 0.15) is 35.1 Å². The molecule has 13 heavy (non-hydrogen) atoms. The highest BCUT2D eigenvalue weighted by atomic mass is 19.1. The topological polar surface area (TPSA) is 0 Å². The minimum absolute atomic E-state index is 0.0925. The molecule has 0 nitrogen and oxygen atoms in total. The zero-order valence-corrected chi connectivity index (χ0v) is 8.39. The molecule has 0 fully saturated rings. The predicted octanol–water partition coefficient (Wildman–Crippen LogP) is 3.30. The van der Waals surface area contributed by atoms with Gasteiger partial charge in [0.15, 0.2) is 0 Å². The molecule has 1 aromatic rings. The Kier molecular flexibility index (Phi) is 1.90. The maximum Gasteiger partial charge on any atom is 0.111 e. The van der Waals surface area contributed by atoms with Crippen LogP contribution >= 0.6 is 0 Å².